The van der Waals surface area contributed by atoms with Gasteiger partial charge < -0.3 is 4.90 Å². The van der Waals surface area contributed by atoms with E-state index >= 15 is 0 Å². The van der Waals surface area contributed by atoms with Crippen molar-refractivity contribution >= 4 is 44.2 Å². The molecule has 0 saturated heterocycles. The van der Waals surface area contributed by atoms with Gasteiger partial charge in [0, 0.05) is 25.4 Å². The van der Waals surface area contributed by atoms with Gasteiger partial charge in [-0.3, -0.25) is 4.79 Å². The van der Waals surface area contributed by atoms with E-state index in [-0.39, 0.29) is 17.0 Å². The second kappa shape index (κ2) is 6.97. The van der Waals surface area contributed by atoms with Crippen LogP contribution < -0.4 is 0 Å². The van der Waals surface area contributed by atoms with Gasteiger partial charge in [-0.2, -0.15) is 0 Å². The molecular weight excluding hydrogens is 340 g/mol. The van der Waals surface area contributed by atoms with E-state index < -0.39 is 15.9 Å². The summed E-state index contributed by atoms with van der Waals surface area (Å²) in [5, 5.41) is 0. The van der Waals surface area contributed by atoms with E-state index in [4.69, 9.17) is 12.2 Å². The molecule has 120 valence electrons. The summed E-state index contributed by atoms with van der Waals surface area (Å²) in [4.78, 5) is 14.3. The Morgan fingerprint density at radius 1 is 1.27 bits per heavy atom. The standard InChI is InChI=1S/C14H18N2O3S3/c1-3-15(4-2)14(20)21-10-9-16-13(17)11-7-5-6-8-12(11)22(16,18)19/h5-8H,3-4,9-10H2,1-2H3. The lowest BCUT2D eigenvalue weighted by molar-refractivity contribution is 0.0876. The SMILES string of the molecule is CCN(CC)C(=S)SCCN1C(=O)c2ccccc2S1(=O)=O. The van der Waals surface area contributed by atoms with Crippen molar-refractivity contribution in [3.05, 3.63) is 29.8 Å². The Hall–Kier alpha value is -1.12. The van der Waals surface area contributed by atoms with E-state index in [2.05, 4.69) is 0 Å². The minimum atomic E-state index is -3.71. The second-order valence-corrected chi connectivity index (χ2v) is 8.22. The lowest BCUT2D eigenvalue weighted by Crippen LogP contribution is -2.33. The minimum Gasteiger partial charge on any atom is -0.358 e. The molecule has 0 N–H and O–H groups in total. The highest BCUT2D eigenvalue weighted by atomic mass is 32.2. The molecule has 1 aliphatic heterocycles. The molecule has 0 unspecified atom stereocenters. The maximum atomic E-state index is 12.4. The van der Waals surface area contributed by atoms with Crippen LogP contribution in [0.5, 0.6) is 0 Å². The van der Waals surface area contributed by atoms with Gasteiger partial charge in [-0.15, -0.1) is 0 Å². The molecule has 0 saturated carbocycles. The van der Waals surface area contributed by atoms with E-state index in [1.54, 1.807) is 18.2 Å². The van der Waals surface area contributed by atoms with E-state index in [9.17, 15) is 13.2 Å². The Kier molecular flexibility index (Phi) is 5.46. The third-order valence-electron chi connectivity index (χ3n) is 3.45. The first-order valence-electron chi connectivity index (χ1n) is 7.01. The Balaban J connectivity index is 2.04. The summed E-state index contributed by atoms with van der Waals surface area (Å²) in [5.41, 5.74) is 0.249. The van der Waals surface area contributed by atoms with E-state index in [0.717, 1.165) is 21.7 Å². The fraction of sp³-hybridized carbons (Fsp3) is 0.429. The van der Waals surface area contributed by atoms with Gasteiger partial charge in [0.15, 0.2) is 0 Å². The minimum absolute atomic E-state index is 0.0938. The smallest absolute Gasteiger partial charge is 0.269 e. The predicted molar refractivity (Wildman–Crippen MR) is 92.6 cm³/mol. The van der Waals surface area contributed by atoms with Crippen LogP contribution in [-0.4, -0.2) is 53.2 Å². The molecule has 1 aromatic carbocycles. The maximum absolute atomic E-state index is 12.4. The Labute approximate surface area is 140 Å². The zero-order chi connectivity index (χ0) is 16.3. The number of carbonyl (C=O) groups excluding carboxylic acids is 1. The van der Waals surface area contributed by atoms with Gasteiger partial charge >= 0.3 is 0 Å². The van der Waals surface area contributed by atoms with Crippen molar-refractivity contribution in [3.8, 4) is 0 Å². The maximum Gasteiger partial charge on any atom is 0.269 e. The molecule has 1 aromatic rings. The largest absolute Gasteiger partial charge is 0.358 e. The van der Waals surface area contributed by atoms with Crippen molar-refractivity contribution < 1.29 is 13.2 Å². The van der Waals surface area contributed by atoms with Gasteiger partial charge in [0.2, 0.25) is 0 Å². The van der Waals surface area contributed by atoms with Crippen LogP contribution in [-0.2, 0) is 10.0 Å². The Morgan fingerprint density at radius 2 is 1.91 bits per heavy atom. The molecule has 5 nitrogen and oxygen atoms in total. The number of nitrogens with zero attached hydrogens (tertiary/aromatic N) is 2. The van der Waals surface area contributed by atoms with Crippen LogP contribution in [0, 0.1) is 0 Å². The molecule has 8 heteroatoms. The summed E-state index contributed by atoms with van der Waals surface area (Å²) >= 11 is 6.71. The van der Waals surface area contributed by atoms with Gasteiger partial charge in [-0.25, -0.2) is 12.7 Å². The Bertz CT molecular complexity index is 684. The van der Waals surface area contributed by atoms with E-state index in [0.29, 0.717) is 5.75 Å². The number of thioether (sulfide) groups is 1. The van der Waals surface area contributed by atoms with E-state index in [1.807, 2.05) is 18.7 Å². The third kappa shape index (κ3) is 3.13. The molecule has 0 aromatic heterocycles. The molecular formula is C14H18N2O3S3. The summed E-state index contributed by atoms with van der Waals surface area (Å²) in [5.74, 6) is -0.00107. The van der Waals surface area contributed by atoms with Crippen LogP contribution in [0.25, 0.3) is 0 Å². The van der Waals surface area contributed by atoms with Crippen molar-refractivity contribution in [3.63, 3.8) is 0 Å². The van der Waals surface area contributed by atoms with Crippen LogP contribution >= 0.6 is 24.0 Å². The topological polar surface area (TPSA) is 57.7 Å². The molecule has 1 heterocycles. The highest BCUT2D eigenvalue weighted by molar-refractivity contribution is 8.22. The Morgan fingerprint density at radius 3 is 2.50 bits per heavy atom. The van der Waals surface area contributed by atoms with Crippen molar-refractivity contribution in [2.45, 2.75) is 18.7 Å². The highest BCUT2D eigenvalue weighted by Crippen LogP contribution is 2.30. The number of benzene rings is 1. The van der Waals surface area contributed by atoms with Gasteiger partial charge in [0.05, 0.1) is 5.56 Å². The van der Waals surface area contributed by atoms with Crippen LogP contribution in [0.2, 0.25) is 0 Å². The highest BCUT2D eigenvalue weighted by Gasteiger charge is 2.40. The zero-order valence-corrected chi connectivity index (χ0v) is 14.9. The number of fused-ring (bicyclic) bond motifs is 1. The fourth-order valence-corrected chi connectivity index (χ4v) is 5.32. The van der Waals surface area contributed by atoms with Crippen LogP contribution in [0.3, 0.4) is 0 Å². The predicted octanol–water partition coefficient (Wildman–Crippen LogP) is 2.19. The van der Waals surface area contributed by atoms with E-state index in [1.165, 1.54) is 17.8 Å². The number of carbonyl (C=O) groups is 1. The first kappa shape index (κ1) is 17.2. The number of hydrogen-bond donors (Lipinski definition) is 0. The van der Waals surface area contributed by atoms with Crippen molar-refractivity contribution in [2.75, 3.05) is 25.4 Å². The quantitative estimate of drug-likeness (QED) is 0.752. The first-order chi connectivity index (χ1) is 10.4. The van der Waals surface area contributed by atoms with Gasteiger partial charge in [-0.1, -0.05) is 36.1 Å². The van der Waals surface area contributed by atoms with Gasteiger partial charge in [0.1, 0.15) is 9.22 Å². The van der Waals surface area contributed by atoms with Crippen molar-refractivity contribution in [2.24, 2.45) is 0 Å². The second-order valence-electron chi connectivity index (χ2n) is 4.67. The fourth-order valence-electron chi connectivity index (χ4n) is 2.24. The summed E-state index contributed by atoms with van der Waals surface area (Å²) < 4.78 is 26.4. The molecule has 0 fully saturated rings. The third-order valence-corrected chi connectivity index (χ3v) is 6.80. The number of sulfonamides is 1. The first-order valence-corrected chi connectivity index (χ1v) is 9.84. The number of amides is 1. The average Bonchev–Trinajstić information content (AvgIpc) is 2.70. The zero-order valence-electron chi connectivity index (χ0n) is 12.5. The molecule has 2 rings (SSSR count). The summed E-state index contributed by atoms with van der Waals surface area (Å²) in [6.45, 7) is 5.79. The monoisotopic (exact) mass is 358 g/mol. The lowest BCUT2D eigenvalue weighted by atomic mass is 10.2. The molecule has 0 radical (unpaired) electrons. The molecule has 1 aliphatic rings. The molecule has 0 bridgehead atoms. The number of thiocarbonyl (C=S) groups is 1. The summed E-state index contributed by atoms with van der Waals surface area (Å²) in [6, 6.07) is 6.30. The molecule has 0 aliphatic carbocycles. The van der Waals surface area contributed by atoms with Gasteiger partial charge in [-0.05, 0) is 26.0 Å². The van der Waals surface area contributed by atoms with Crippen LogP contribution in [0.4, 0.5) is 0 Å². The van der Waals surface area contributed by atoms with Crippen LogP contribution in [0.15, 0.2) is 29.2 Å². The number of hydrogen-bond acceptors (Lipinski definition) is 5. The summed E-state index contributed by atoms with van der Waals surface area (Å²) in [6.07, 6.45) is 0. The average molecular weight is 359 g/mol. The molecule has 0 atom stereocenters. The normalized spacial score (nSPS) is 15.7. The van der Waals surface area contributed by atoms with Crippen molar-refractivity contribution in [1.29, 1.82) is 0 Å². The molecule has 0 spiro atoms. The molecule has 1 amide bonds. The van der Waals surface area contributed by atoms with Gasteiger partial charge in [0.25, 0.3) is 15.9 Å². The van der Waals surface area contributed by atoms with Crippen molar-refractivity contribution in [1.82, 2.24) is 9.21 Å². The summed E-state index contributed by atoms with van der Waals surface area (Å²) in [7, 11) is -3.71. The van der Waals surface area contributed by atoms with Crippen LogP contribution in [0.1, 0.15) is 24.2 Å². The molecule has 22 heavy (non-hydrogen) atoms. The lowest BCUT2D eigenvalue weighted by Gasteiger charge is -2.21. The number of rotatable bonds is 5.